The van der Waals surface area contributed by atoms with Crippen LogP contribution in [0.1, 0.15) is 11.1 Å². The first kappa shape index (κ1) is 11.1. The SMILES string of the molecule is Cc1cccc(Sc2cc(C)cc(N)c2)c1. The van der Waals surface area contributed by atoms with Crippen molar-refractivity contribution in [3.63, 3.8) is 0 Å². The minimum absolute atomic E-state index is 0.829. The number of rotatable bonds is 2. The molecule has 0 radical (unpaired) electrons. The van der Waals surface area contributed by atoms with Gasteiger partial charge >= 0.3 is 0 Å². The van der Waals surface area contributed by atoms with Gasteiger partial charge in [0, 0.05) is 15.5 Å². The summed E-state index contributed by atoms with van der Waals surface area (Å²) in [5, 5.41) is 0. The Morgan fingerprint density at radius 3 is 2.31 bits per heavy atom. The van der Waals surface area contributed by atoms with Gasteiger partial charge in [0.1, 0.15) is 0 Å². The predicted molar refractivity (Wildman–Crippen MR) is 70.9 cm³/mol. The van der Waals surface area contributed by atoms with Crippen LogP contribution in [0.3, 0.4) is 0 Å². The van der Waals surface area contributed by atoms with Gasteiger partial charge in [-0.1, -0.05) is 29.5 Å². The Morgan fingerprint density at radius 2 is 1.62 bits per heavy atom. The summed E-state index contributed by atoms with van der Waals surface area (Å²) in [5.41, 5.74) is 9.15. The van der Waals surface area contributed by atoms with Gasteiger partial charge < -0.3 is 5.73 Å². The number of hydrogen-bond acceptors (Lipinski definition) is 2. The van der Waals surface area contributed by atoms with E-state index in [4.69, 9.17) is 5.73 Å². The van der Waals surface area contributed by atoms with Crippen molar-refractivity contribution >= 4 is 17.4 Å². The quantitative estimate of drug-likeness (QED) is 0.787. The molecule has 0 aliphatic carbocycles. The molecule has 0 fully saturated rings. The molecule has 2 rings (SSSR count). The average molecular weight is 229 g/mol. The number of nitrogen functional groups attached to an aromatic ring is 1. The van der Waals surface area contributed by atoms with Crippen molar-refractivity contribution in [2.24, 2.45) is 0 Å². The zero-order valence-electron chi connectivity index (χ0n) is 9.53. The van der Waals surface area contributed by atoms with Gasteiger partial charge in [-0.2, -0.15) is 0 Å². The zero-order chi connectivity index (χ0) is 11.5. The van der Waals surface area contributed by atoms with Crippen LogP contribution in [0, 0.1) is 13.8 Å². The summed E-state index contributed by atoms with van der Waals surface area (Å²) >= 11 is 1.75. The molecule has 0 spiro atoms. The summed E-state index contributed by atoms with van der Waals surface area (Å²) in [5.74, 6) is 0. The van der Waals surface area contributed by atoms with E-state index in [1.54, 1.807) is 11.8 Å². The lowest BCUT2D eigenvalue weighted by Gasteiger charge is -2.05. The fourth-order valence-electron chi connectivity index (χ4n) is 1.65. The second-order valence-corrected chi connectivity index (χ2v) is 5.14. The maximum absolute atomic E-state index is 5.83. The topological polar surface area (TPSA) is 26.0 Å². The van der Waals surface area contributed by atoms with E-state index in [0.717, 1.165) is 5.69 Å². The van der Waals surface area contributed by atoms with Crippen LogP contribution in [0.5, 0.6) is 0 Å². The largest absolute Gasteiger partial charge is 0.399 e. The predicted octanol–water partition coefficient (Wildman–Crippen LogP) is 4.04. The fraction of sp³-hybridized carbons (Fsp3) is 0.143. The third-order valence-corrected chi connectivity index (χ3v) is 3.26. The number of benzene rings is 2. The Labute approximate surface area is 101 Å². The normalized spacial score (nSPS) is 10.4. The van der Waals surface area contributed by atoms with Gasteiger partial charge in [-0.15, -0.1) is 0 Å². The molecule has 82 valence electrons. The molecule has 0 aromatic heterocycles. The summed E-state index contributed by atoms with van der Waals surface area (Å²) in [6.07, 6.45) is 0. The van der Waals surface area contributed by atoms with Crippen LogP contribution in [0.4, 0.5) is 5.69 Å². The highest BCUT2D eigenvalue weighted by Gasteiger charge is 1.99. The summed E-state index contributed by atoms with van der Waals surface area (Å²) in [6, 6.07) is 14.6. The van der Waals surface area contributed by atoms with Crippen molar-refractivity contribution in [2.75, 3.05) is 5.73 Å². The Balaban J connectivity index is 2.27. The van der Waals surface area contributed by atoms with Crippen molar-refractivity contribution in [1.29, 1.82) is 0 Å². The Morgan fingerprint density at radius 1 is 0.875 bits per heavy atom. The highest BCUT2D eigenvalue weighted by molar-refractivity contribution is 7.99. The van der Waals surface area contributed by atoms with Crippen LogP contribution in [0.15, 0.2) is 52.3 Å². The van der Waals surface area contributed by atoms with Gasteiger partial charge in [0.2, 0.25) is 0 Å². The van der Waals surface area contributed by atoms with E-state index in [2.05, 4.69) is 44.2 Å². The number of anilines is 1. The Kier molecular flexibility index (Phi) is 3.20. The minimum Gasteiger partial charge on any atom is -0.399 e. The van der Waals surface area contributed by atoms with Crippen LogP contribution in [-0.2, 0) is 0 Å². The molecule has 2 N–H and O–H groups in total. The van der Waals surface area contributed by atoms with Crippen molar-refractivity contribution in [2.45, 2.75) is 23.6 Å². The van der Waals surface area contributed by atoms with Crippen LogP contribution in [0.2, 0.25) is 0 Å². The molecule has 0 bridgehead atoms. The van der Waals surface area contributed by atoms with Crippen LogP contribution in [-0.4, -0.2) is 0 Å². The lowest BCUT2D eigenvalue weighted by molar-refractivity contribution is 1.33. The van der Waals surface area contributed by atoms with Gasteiger partial charge in [-0.3, -0.25) is 0 Å². The van der Waals surface area contributed by atoms with E-state index in [9.17, 15) is 0 Å². The van der Waals surface area contributed by atoms with E-state index >= 15 is 0 Å². The molecule has 0 aliphatic heterocycles. The minimum atomic E-state index is 0.829. The molecule has 0 heterocycles. The second-order valence-electron chi connectivity index (χ2n) is 4.00. The van der Waals surface area contributed by atoms with Crippen molar-refractivity contribution < 1.29 is 0 Å². The van der Waals surface area contributed by atoms with E-state index in [1.807, 2.05) is 12.1 Å². The molecule has 2 heteroatoms. The maximum Gasteiger partial charge on any atom is 0.0328 e. The van der Waals surface area contributed by atoms with Gasteiger partial charge in [0.15, 0.2) is 0 Å². The standard InChI is InChI=1S/C14H15NS/c1-10-4-3-5-13(7-10)16-14-8-11(2)6-12(15)9-14/h3-9H,15H2,1-2H3. The summed E-state index contributed by atoms with van der Waals surface area (Å²) in [6.45, 7) is 4.17. The van der Waals surface area contributed by atoms with E-state index in [1.165, 1.54) is 20.9 Å². The molecule has 2 aromatic carbocycles. The average Bonchev–Trinajstić information content (AvgIpc) is 2.15. The molecule has 0 unspecified atom stereocenters. The monoisotopic (exact) mass is 229 g/mol. The van der Waals surface area contributed by atoms with Gasteiger partial charge in [-0.25, -0.2) is 0 Å². The number of nitrogens with two attached hydrogens (primary N) is 1. The smallest absolute Gasteiger partial charge is 0.0328 e. The van der Waals surface area contributed by atoms with Gasteiger partial charge in [-0.05, 0) is 49.7 Å². The van der Waals surface area contributed by atoms with Gasteiger partial charge in [0.25, 0.3) is 0 Å². The second kappa shape index (κ2) is 4.62. The summed E-state index contributed by atoms with van der Waals surface area (Å²) in [4.78, 5) is 2.45. The lowest BCUT2D eigenvalue weighted by atomic mass is 10.2. The molecule has 16 heavy (non-hydrogen) atoms. The van der Waals surface area contributed by atoms with Crippen LogP contribution < -0.4 is 5.73 Å². The molecule has 0 saturated carbocycles. The molecular weight excluding hydrogens is 214 g/mol. The van der Waals surface area contributed by atoms with E-state index in [-0.39, 0.29) is 0 Å². The molecule has 0 atom stereocenters. The summed E-state index contributed by atoms with van der Waals surface area (Å²) in [7, 11) is 0. The summed E-state index contributed by atoms with van der Waals surface area (Å²) < 4.78 is 0. The zero-order valence-corrected chi connectivity index (χ0v) is 10.3. The Hall–Kier alpha value is -1.41. The molecule has 1 nitrogen and oxygen atoms in total. The van der Waals surface area contributed by atoms with Crippen LogP contribution >= 0.6 is 11.8 Å². The number of hydrogen-bond donors (Lipinski definition) is 1. The molecular formula is C14H15NS. The molecule has 2 aromatic rings. The van der Waals surface area contributed by atoms with Gasteiger partial charge in [0.05, 0.1) is 0 Å². The first-order chi connectivity index (χ1) is 7.63. The lowest BCUT2D eigenvalue weighted by Crippen LogP contribution is -1.86. The maximum atomic E-state index is 5.83. The van der Waals surface area contributed by atoms with Crippen LogP contribution in [0.25, 0.3) is 0 Å². The fourth-order valence-corrected chi connectivity index (χ4v) is 2.75. The molecule has 0 saturated heterocycles. The first-order valence-corrected chi connectivity index (χ1v) is 6.07. The van der Waals surface area contributed by atoms with Crippen molar-refractivity contribution in [1.82, 2.24) is 0 Å². The van der Waals surface area contributed by atoms with E-state index < -0.39 is 0 Å². The Bertz CT molecular complexity index is 486. The highest BCUT2D eigenvalue weighted by atomic mass is 32.2. The highest BCUT2D eigenvalue weighted by Crippen LogP contribution is 2.30. The number of aryl methyl sites for hydroxylation is 2. The molecule has 0 aliphatic rings. The van der Waals surface area contributed by atoms with Crippen molar-refractivity contribution in [3.05, 3.63) is 53.6 Å². The third-order valence-electron chi connectivity index (χ3n) is 2.30. The van der Waals surface area contributed by atoms with E-state index in [0.29, 0.717) is 0 Å². The van der Waals surface area contributed by atoms with Crippen molar-refractivity contribution in [3.8, 4) is 0 Å². The molecule has 0 amide bonds. The third kappa shape index (κ3) is 2.80. The first-order valence-electron chi connectivity index (χ1n) is 5.25.